The topological polar surface area (TPSA) is 20.2 Å². The van der Waals surface area contributed by atoms with Crippen molar-refractivity contribution in [3.05, 3.63) is 0 Å². The van der Waals surface area contributed by atoms with Gasteiger partial charge in [-0.05, 0) is 153 Å². The fraction of sp³-hybridized carbons (Fsp3) is 1.00. The largest absolute Gasteiger partial charge is 0.396 e. The first-order valence-corrected chi connectivity index (χ1v) is 25.8. The van der Waals surface area contributed by atoms with E-state index < -0.39 is 0 Å². The van der Waals surface area contributed by atoms with Crippen molar-refractivity contribution in [2.24, 2.45) is 46.3 Å². The van der Waals surface area contributed by atoms with Crippen molar-refractivity contribution in [3.63, 3.8) is 0 Å². The van der Waals surface area contributed by atoms with E-state index in [9.17, 15) is 5.11 Å². The van der Waals surface area contributed by atoms with Crippen molar-refractivity contribution < 1.29 is 5.11 Å². The van der Waals surface area contributed by atoms with Gasteiger partial charge in [0.2, 0.25) is 0 Å². The Kier molecular flexibility index (Phi) is 11.0. The summed E-state index contributed by atoms with van der Waals surface area (Å²) in [6, 6.07) is 0. The quantitative estimate of drug-likeness (QED) is 0.282. The summed E-state index contributed by atoms with van der Waals surface area (Å²) in [6.45, 7) is 9.23. The summed E-state index contributed by atoms with van der Waals surface area (Å²) < 4.78 is 0. The molecule has 0 aromatic rings. The Hall–Kier alpha value is 1.68. The van der Waals surface area contributed by atoms with Gasteiger partial charge in [0, 0.05) is 21.8 Å². The van der Waals surface area contributed by atoms with Crippen molar-refractivity contribution in [1.82, 2.24) is 0 Å². The third-order valence-electron chi connectivity index (χ3n) is 17.1. The van der Waals surface area contributed by atoms with Crippen LogP contribution >= 0.6 is 34.3 Å². The first kappa shape index (κ1) is 35.7. The summed E-state index contributed by atoms with van der Waals surface area (Å²) in [5.41, 5.74) is 4.46. The molecule has 47 heavy (non-hydrogen) atoms. The average Bonchev–Trinajstić information content (AvgIpc) is 3.00. The van der Waals surface area contributed by atoms with Crippen molar-refractivity contribution in [3.8, 4) is 0 Å². The zero-order chi connectivity index (χ0) is 32.3. The lowest BCUT2D eigenvalue weighted by molar-refractivity contribution is -0.0959. The van der Waals surface area contributed by atoms with Gasteiger partial charge in [-0.25, -0.2) is 0 Å². The molecule has 17 unspecified atom stereocenters. The Morgan fingerprint density at radius 3 is 1.30 bits per heavy atom. The SMILES string of the molecule is CC1(C)C(C2C3CCCCC(CC3)PC3(PC4CCCCC3CC4)C2(C)CO)C2CCCCC(CC2)PC12PC1CCCCC2CC1. The highest BCUT2D eigenvalue weighted by Gasteiger charge is 2.67. The standard InChI is InChI=1S/C42H74OP4/c1-39(2)37(29-12-4-8-16-33(24-20-29)44-41(39)31-14-6-10-18-35(45-41)26-22-31)38-30-13-5-9-17-34(25-21-30)46-42(40(38,3)28-43)32-15-7-11-19-36(47-42)27-23-32/h29-38,43-47H,4-28H2,1-3H3. The van der Waals surface area contributed by atoms with E-state index >= 15 is 0 Å². The molecule has 8 bridgehead atoms. The lowest BCUT2D eigenvalue weighted by Gasteiger charge is -2.69. The molecule has 17 atom stereocenters. The molecule has 6 heterocycles. The zero-order valence-corrected chi connectivity index (χ0v) is 34.9. The molecule has 10 aliphatic rings. The van der Waals surface area contributed by atoms with Crippen LogP contribution in [0, 0.1) is 46.3 Å². The molecule has 1 nitrogen and oxygen atoms in total. The maximum atomic E-state index is 12.4. The van der Waals surface area contributed by atoms with Gasteiger partial charge in [-0.3, -0.25) is 0 Å². The highest BCUT2D eigenvalue weighted by Crippen LogP contribution is 2.79. The van der Waals surface area contributed by atoms with Gasteiger partial charge >= 0.3 is 0 Å². The summed E-state index contributed by atoms with van der Waals surface area (Å²) in [6.07, 6.45) is 36.3. The number of fused-ring (bicyclic) bond motifs is 14. The lowest BCUT2D eigenvalue weighted by atomic mass is 9.49. The summed E-state index contributed by atoms with van der Waals surface area (Å²) in [7, 11) is 4.72. The van der Waals surface area contributed by atoms with Crippen molar-refractivity contribution in [2.75, 3.05) is 6.61 Å². The Labute approximate surface area is 298 Å². The van der Waals surface area contributed by atoms with Crippen LogP contribution in [0.5, 0.6) is 0 Å². The smallest absolute Gasteiger partial charge is 0.0499 e. The fourth-order valence-electron chi connectivity index (χ4n) is 14.9. The van der Waals surface area contributed by atoms with Gasteiger partial charge < -0.3 is 5.11 Å². The summed E-state index contributed by atoms with van der Waals surface area (Å²) >= 11 is 0. The van der Waals surface area contributed by atoms with Crippen LogP contribution in [0.25, 0.3) is 0 Å². The second-order valence-corrected chi connectivity index (χ2v) is 28.3. The van der Waals surface area contributed by atoms with Crippen LogP contribution in [0.2, 0.25) is 0 Å². The van der Waals surface area contributed by atoms with Crippen molar-refractivity contribution in [1.29, 1.82) is 0 Å². The van der Waals surface area contributed by atoms with E-state index in [2.05, 4.69) is 20.8 Å². The van der Waals surface area contributed by atoms with E-state index in [1.165, 1.54) is 133 Å². The van der Waals surface area contributed by atoms with Crippen molar-refractivity contribution >= 4 is 34.3 Å². The van der Waals surface area contributed by atoms with E-state index in [0.29, 0.717) is 21.8 Å². The first-order chi connectivity index (χ1) is 22.8. The minimum atomic E-state index is 0.0994. The second-order valence-electron chi connectivity index (χ2n) is 19.7. The van der Waals surface area contributed by atoms with Gasteiger partial charge in [0.15, 0.2) is 0 Å². The van der Waals surface area contributed by atoms with Gasteiger partial charge in [-0.2, -0.15) is 0 Å². The molecule has 0 aromatic carbocycles. The van der Waals surface area contributed by atoms with Crippen LogP contribution in [0.15, 0.2) is 0 Å². The highest BCUT2D eigenvalue weighted by molar-refractivity contribution is 7.60. The average molecular weight is 719 g/mol. The van der Waals surface area contributed by atoms with Crippen LogP contribution in [0.3, 0.4) is 0 Å². The Balaban J connectivity index is 1.32. The lowest BCUT2D eigenvalue weighted by Crippen LogP contribution is -2.64. The van der Waals surface area contributed by atoms with Crippen molar-refractivity contribution in [2.45, 2.75) is 207 Å². The number of rotatable bonds is 2. The molecule has 268 valence electrons. The van der Waals surface area contributed by atoms with Gasteiger partial charge in [-0.15, -0.1) is 34.3 Å². The summed E-state index contributed by atoms with van der Waals surface area (Å²) in [5, 5.41) is 12.4. The van der Waals surface area contributed by atoms with E-state index in [1.54, 1.807) is 38.5 Å². The molecule has 0 amide bonds. The predicted molar refractivity (Wildman–Crippen MR) is 215 cm³/mol. The third kappa shape index (κ3) is 6.20. The fourth-order valence-corrected chi connectivity index (χ4v) is 27.6. The van der Waals surface area contributed by atoms with Crippen LogP contribution in [0.1, 0.15) is 175 Å². The molecule has 0 radical (unpaired) electrons. The Morgan fingerprint density at radius 2 is 0.809 bits per heavy atom. The molecule has 10 rings (SSSR count). The molecule has 6 saturated heterocycles. The monoisotopic (exact) mass is 718 g/mol. The number of aliphatic hydroxyl groups is 1. The molecular weight excluding hydrogens is 644 g/mol. The van der Waals surface area contributed by atoms with Gasteiger partial charge in [0.1, 0.15) is 0 Å². The number of hydrogen-bond donors (Lipinski definition) is 1. The predicted octanol–water partition coefficient (Wildman–Crippen LogP) is 12.8. The molecule has 10 fully saturated rings. The molecule has 1 N–H and O–H groups in total. The highest BCUT2D eigenvalue weighted by atomic mass is 31.1. The van der Waals surface area contributed by atoms with Gasteiger partial charge in [0.05, 0.1) is 0 Å². The van der Waals surface area contributed by atoms with Crippen LogP contribution in [0.4, 0.5) is 0 Å². The first-order valence-electron chi connectivity index (χ1n) is 21.5. The maximum absolute atomic E-state index is 12.4. The van der Waals surface area contributed by atoms with Gasteiger partial charge in [-0.1, -0.05) is 85.0 Å². The Bertz CT molecular complexity index is 1070. The van der Waals surface area contributed by atoms with E-state index in [1.807, 2.05) is 0 Å². The molecule has 2 spiro atoms. The molecule has 5 heteroatoms. The molecule has 0 aromatic heterocycles. The normalized spacial score (nSPS) is 54.1. The van der Waals surface area contributed by atoms with Gasteiger partial charge in [0.25, 0.3) is 0 Å². The molecule has 4 saturated carbocycles. The Morgan fingerprint density at radius 1 is 0.426 bits per heavy atom. The maximum Gasteiger partial charge on any atom is 0.0499 e. The number of hydrogen-bond acceptors (Lipinski definition) is 1. The van der Waals surface area contributed by atoms with Crippen LogP contribution in [-0.2, 0) is 0 Å². The van der Waals surface area contributed by atoms with Crippen LogP contribution < -0.4 is 0 Å². The second kappa shape index (κ2) is 14.5. The minimum absolute atomic E-state index is 0.0994. The summed E-state index contributed by atoms with van der Waals surface area (Å²) in [4.78, 5) is 1.01. The molecular formula is C42H74OP4. The third-order valence-corrected chi connectivity index (χ3v) is 28.7. The minimum Gasteiger partial charge on any atom is -0.396 e. The number of aliphatic hydroxyl groups excluding tert-OH is 1. The van der Waals surface area contributed by atoms with E-state index in [0.717, 1.165) is 75.3 Å². The van der Waals surface area contributed by atoms with Crippen LogP contribution in [-0.4, -0.2) is 44.1 Å². The molecule has 4 aliphatic carbocycles. The van der Waals surface area contributed by atoms with E-state index in [-0.39, 0.29) is 5.41 Å². The van der Waals surface area contributed by atoms with E-state index in [4.69, 9.17) is 0 Å². The zero-order valence-electron chi connectivity index (χ0n) is 30.9. The summed E-state index contributed by atoms with van der Waals surface area (Å²) in [5.74, 6) is 5.18. The molecule has 6 aliphatic heterocycles.